The zero-order chi connectivity index (χ0) is 27.8. The van der Waals surface area contributed by atoms with Crippen LogP contribution < -0.4 is 14.2 Å². The van der Waals surface area contributed by atoms with Crippen LogP contribution in [0.5, 0.6) is 17.2 Å². The number of carbonyl (C=O) groups is 2. The Morgan fingerprint density at radius 1 is 1.18 bits per heavy atom. The van der Waals surface area contributed by atoms with Crippen LogP contribution in [0.4, 0.5) is 0 Å². The van der Waals surface area contributed by atoms with Gasteiger partial charge in [-0.15, -0.1) is 0 Å². The third-order valence-electron chi connectivity index (χ3n) is 7.74. The van der Waals surface area contributed by atoms with E-state index in [4.69, 9.17) is 14.2 Å². The smallest absolute Gasteiger partial charge is 0.308 e. The lowest BCUT2D eigenvalue weighted by molar-refractivity contribution is -0.143. The number of carboxylic acid groups (broad SMARTS) is 1. The Balaban J connectivity index is 1.63. The van der Waals surface area contributed by atoms with Gasteiger partial charge in [-0.3, -0.25) is 14.5 Å². The van der Waals surface area contributed by atoms with Gasteiger partial charge in [-0.1, -0.05) is 26.7 Å². The first-order valence-corrected chi connectivity index (χ1v) is 13.9. The van der Waals surface area contributed by atoms with Crippen LogP contribution in [0.15, 0.2) is 30.7 Å². The maximum absolute atomic E-state index is 13.6. The van der Waals surface area contributed by atoms with E-state index in [1.54, 1.807) is 13.3 Å². The molecule has 39 heavy (non-hydrogen) atoms. The lowest BCUT2D eigenvalue weighted by Gasteiger charge is -2.29. The first-order valence-electron chi connectivity index (χ1n) is 13.9. The van der Waals surface area contributed by atoms with Crippen LogP contribution in [0.25, 0.3) is 0 Å². The van der Waals surface area contributed by atoms with Gasteiger partial charge in [0.05, 0.1) is 19.6 Å². The number of aromatic nitrogens is 2. The topological polar surface area (TPSA) is 114 Å². The minimum Gasteiger partial charge on any atom is -0.493 e. The number of benzene rings is 1. The molecule has 3 atom stereocenters. The van der Waals surface area contributed by atoms with E-state index in [-0.39, 0.29) is 31.2 Å². The van der Waals surface area contributed by atoms with Gasteiger partial charge in [-0.25, -0.2) is 9.97 Å². The van der Waals surface area contributed by atoms with E-state index in [2.05, 4.69) is 28.7 Å². The largest absolute Gasteiger partial charge is 0.493 e. The molecule has 1 fully saturated rings. The molecule has 1 aromatic carbocycles. The average Bonchev–Trinajstić information content (AvgIpc) is 3.56. The number of fused-ring (bicyclic) bond motifs is 1. The zero-order valence-corrected chi connectivity index (χ0v) is 23.2. The number of aryl methyl sites for hydroxylation is 1. The van der Waals surface area contributed by atoms with E-state index in [0.29, 0.717) is 36.6 Å². The van der Waals surface area contributed by atoms with Gasteiger partial charge in [0.15, 0.2) is 11.5 Å². The summed E-state index contributed by atoms with van der Waals surface area (Å²) in [6.45, 7) is 6.40. The maximum Gasteiger partial charge on any atom is 0.308 e. The highest BCUT2D eigenvalue weighted by atomic mass is 16.7. The lowest BCUT2D eigenvalue weighted by atomic mass is 9.83. The Morgan fingerprint density at radius 3 is 2.59 bits per heavy atom. The first kappa shape index (κ1) is 28.6. The van der Waals surface area contributed by atoms with Crippen molar-refractivity contribution in [3.05, 3.63) is 42.0 Å². The summed E-state index contributed by atoms with van der Waals surface area (Å²) in [7, 11) is 1.56. The van der Waals surface area contributed by atoms with Gasteiger partial charge in [0, 0.05) is 43.5 Å². The molecular formula is C29H40N4O6. The molecule has 1 aromatic heterocycles. The molecule has 0 aliphatic carbocycles. The van der Waals surface area contributed by atoms with Crippen molar-refractivity contribution < 1.29 is 28.9 Å². The predicted octanol–water partition coefficient (Wildman–Crippen LogP) is 3.74. The second-order valence-electron chi connectivity index (χ2n) is 10.3. The zero-order valence-electron chi connectivity index (χ0n) is 23.2. The Hall–Kier alpha value is -3.40. The van der Waals surface area contributed by atoms with Crippen molar-refractivity contribution in [1.82, 2.24) is 19.8 Å². The number of likely N-dealkylation sites (tertiary alicyclic amines) is 1. The van der Waals surface area contributed by atoms with Crippen LogP contribution in [0.2, 0.25) is 0 Å². The highest BCUT2D eigenvalue weighted by molar-refractivity contribution is 5.79. The van der Waals surface area contributed by atoms with Crippen molar-refractivity contribution in [2.24, 2.45) is 5.92 Å². The Bertz CT molecular complexity index is 1110. The summed E-state index contributed by atoms with van der Waals surface area (Å²) >= 11 is 0. The Kier molecular flexibility index (Phi) is 9.97. The molecule has 1 saturated heterocycles. The third-order valence-corrected chi connectivity index (χ3v) is 7.74. The van der Waals surface area contributed by atoms with Crippen molar-refractivity contribution in [3.8, 4) is 17.2 Å². The normalized spacial score (nSPS) is 20.2. The number of methoxy groups -OCH3 is 1. The standard InChI is InChI=1S/C29H40N4O6/c1-4-6-12-32(13-7-5-2)26(34)17-33-16-22(20-14-24(37-3)28-25(15-20)38-19-39-28)27(29(35)36)23(33)9-8-21-10-11-30-18-31-21/h10-11,14-15,18,22-23,27H,4-9,12-13,16-17,19H2,1-3H3,(H,35,36)/t22-,23+,27-/m1/s1. The molecule has 0 spiro atoms. The predicted molar refractivity (Wildman–Crippen MR) is 145 cm³/mol. The van der Waals surface area contributed by atoms with Gasteiger partial charge < -0.3 is 24.2 Å². The second kappa shape index (κ2) is 13.6. The molecule has 0 unspecified atom stereocenters. The van der Waals surface area contributed by atoms with E-state index >= 15 is 0 Å². The fourth-order valence-corrected chi connectivity index (χ4v) is 5.65. The van der Waals surface area contributed by atoms with Crippen LogP contribution in [-0.2, 0) is 16.0 Å². The molecule has 212 valence electrons. The molecular weight excluding hydrogens is 500 g/mol. The van der Waals surface area contributed by atoms with Gasteiger partial charge >= 0.3 is 5.97 Å². The van der Waals surface area contributed by atoms with Gasteiger partial charge in [-0.05, 0) is 49.4 Å². The number of hydrogen-bond acceptors (Lipinski definition) is 8. The fraction of sp³-hybridized carbons (Fsp3) is 0.586. The molecule has 3 heterocycles. The molecule has 0 saturated carbocycles. The molecule has 0 radical (unpaired) electrons. The summed E-state index contributed by atoms with van der Waals surface area (Å²) in [6.07, 6.45) is 8.26. The van der Waals surface area contributed by atoms with Crippen LogP contribution in [-0.4, -0.2) is 82.9 Å². The molecule has 4 rings (SSSR count). The SMILES string of the molecule is CCCCN(CCCC)C(=O)CN1C[C@H](c2cc(OC)c3c(c2)OCO3)[C@@H](C(=O)O)[C@@H]1CCc1ccncn1. The molecule has 2 aliphatic rings. The van der Waals surface area contributed by atoms with Gasteiger partial charge in [0.2, 0.25) is 18.4 Å². The second-order valence-corrected chi connectivity index (χ2v) is 10.3. The molecule has 2 aliphatic heterocycles. The van der Waals surface area contributed by atoms with Gasteiger partial charge in [0.25, 0.3) is 0 Å². The number of unbranched alkanes of at least 4 members (excludes halogenated alkanes) is 2. The number of carbonyl (C=O) groups excluding carboxylic acids is 1. The molecule has 0 bridgehead atoms. The lowest BCUT2D eigenvalue weighted by Crippen LogP contribution is -2.44. The van der Waals surface area contributed by atoms with Crippen molar-refractivity contribution in [1.29, 1.82) is 0 Å². The van der Waals surface area contributed by atoms with Crippen LogP contribution in [0.1, 0.15) is 63.1 Å². The summed E-state index contributed by atoms with van der Waals surface area (Å²) < 4.78 is 16.7. The van der Waals surface area contributed by atoms with E-state index in [1.807, 2.05) is 23.1 Å². The molecule has 10 heteroatoms. The number of ether oxygens (including phenoxy) is 3. The minimum absolute atomic E-state index is 0.0528. The van der Waals surface area contributed by atoms with Crippen molar-refractivity contribution >= 4 is 11.9 Å². The number of hydrogen-bond donors (Lipinski definition) is 1. The number of aliphatic carboxylic acids is 1. The Morgan fingerprint density at radius 2 is 1.95 bits per heavy atom. The summed E-state index contributed by atoms with van der Waals surface area (Å²) in [5.74, 6) is -0.309. The van der Waals surface area contributed by atoms with Crippen molar-refractivity contribution in [3.63, 3.8) is 0 Å². The highest BCUT2D eigenvalue weighted by Gasteiger charge is 2.47. The summed E-state index contributed by atoms with van der Waals surface area (Å²) in [4.78, 5) is 38.7. The number of nitrogens with zero attached hydrogens (tertiary/aromatic N) is 4. The number of amides is 1. The highest BCUT2D eigenvalue weighted by Crippen LogP contribution is 2.47. The summed E-state index contributed by atoms with van der Waals surface area (Å²) in [5, 5.41) is 10.5. The monoisotopic (exact) mass is 540 g/mol. The quantitative estimate of drug-likeness (QED) is 0.383. The molecule has 1 N–H and O–H groups in total. The van der Waals surface area contributed by atoms with Crippen LogP contribution in [0, 0.1) is 5.92 Å². The molecule has 2 aromatic rings. The first-order chi connectivity index (χ1) is 19.0. The van der Waals surface area contributed by atoms with Crippen molar-refractivity contribution in [2.45, 2.75) is 64.3 Å². The van der Waals surface area contributed by atoms with Gasteiger partial charge in [-0.2, -0.15) is 0 Å². The summed E-state index contributed by atoms with van der Waals surface area (Å²) in [6, 6.07) is 5.20. The minimum atomic E-state index is -0.881. The number of rotatable bonds is 14. The van der Waals surface area contributed by atoms with Crippen LogP contribution >= 0.6 is 0 Å². The maximum atomic E-state index is 13.6. The van der Waals surface area contributed by atoms with Gasteiger partial charge in [0.1, 0.15) is 6.33 Å². The molecule has 1 amide bonds. The van der Waals surface area contributed by atoms with Crippen LogP contribution in [0.3, 0.4) is 0 Å². The third kappa shape index (κ3) is 6.79. The fourth-order valence-electron chi connectivity index (χ4n) is 5.65. The number of carboxylic acids is 1. The van der Waals surface area contributed by atoms with E-state index in [0.717, 1.165) is 50.0 Å². The van der Waals surface area contributed by atoms with E-state index < -0.39 is 11.9 Å². The van der Waals surface area contributed by atoms with Crippen molar-refractivity contribution in [2.75, 3.05) is 40.1 Å². The average molecular weight is 541 g/mol. The summed E-state index contributed by atoms with van der Waals surface area (Å²) in [5.41, 5.74) is 1.65. The molecule has 10 nitrogen and oxygen atoms in total. The Labute approximate surface area is 230 Å². The van der Waals surface area contributed by atoms with E-state index in [9.17, 15) is 14.7 Å². The van der Waals surface area contributed by atoms with E-state index in [1.165, 1.54) is 6.33 Å².